The topological polar surface area (TPSA) is 110 Å². The number of carbonyl (C=O) groups excluding carboxylic acids is 1. The van der Waals surface area contributed by atoms with E-state index in [0.717, 1.165) is 53.9 Å². The molecule has 1 amide bonds. The van der Waals surface area contributed by atoms with Gasteiger partial charge < -0.3 is 25.0 Å². The van der Waals surface area contributed by atoms with Crippen molar-refractivity contribution in [3.63, 3.8) is 0 Å². The number of likely N-dealkylation sites (N-methyl/N-ethyl adjacent to an activating group) is 1. The molecule has 1 aliphatic heterocycles. The number of hydrogen-bond acceptors (Lipinski definition) is 9. The van der Waals surface area contributed by atoms with Crippen molar-refractivity contribution in [1.82, 2.24) is 24.6 Å². The molecular weight excluding hydrogens is 520 g/mol. The molecule has 41 heavy (non-hydrogen) atoms. The number of rotatable bonds is 11. The van der Waals surface area contributed by atoms with E-state index in [9.17, 15) is 4.79 Å². The van der Waals surface area contributed by atoms with Crippen LogP contribution < -0.4 is 20.3 Å². The number of anilines is 4. The third-order valence-corrected chi connectivity index (χ3v) is 7.52. The third kappa shape index (κ3) is 6.16. The first-order valence-corrected chi connectivity index (χ1v) is 13.5. The molecule has 0 spiro atoms. The van der Waals surface area contributed by atoms with Crippen molar-refractivity contribution in [3.8, 4) is 17.0 Å². The molecule has 2 aromatic carbocycles. The largest absolute Gasteiger partial charge is 0.494 e. The molecule has 2 N–H and O–H groups in total. The quantitative estimate of drug-likeness (QED) is 0.264. The molecule has 1 atom stereocenters. The number of aromatic nitrogens is 4. The van der Waals surface area contributed by atoms with E-state index < -0.39 is 0 Å². The molecule has 4 aromatic rings. The molecule has 5 rings (SSSR count). The highest BCUT2D eigenvalue weighted by Crippen LogP contribution is 2.39. The minimum Gasteiger partial charge on any atom is -0.494 e. The minimum absolute atomic E-state index is 0.274. The second kappa shape index (κ2) is 12.4. The van der Waals surface area contributed by atoms with Crippen molar-refractivity contribution < 1.29 is 14.3 Å². The first-order valence-electron chi connectivity index (χ1n) is 13.5. The summed E-state index contributed by atoms with van der Waals surface area (Å²) >= 11 is 0. The lowest BCUT2D eigenvalue weighted by atomic mass is 10.1. The summed E-state index contributed by atoms with van der Waals surface area (Å²) in [5.41, 5.74) is 4.89. The Morgan fingerprint density at radius 2 is 2.05 bits per heavy atom. The number of nitrogens with zero attached hydrogens (tertiary/aromatic N) is 6. The summed E-state index contributed by atoms with van der Waals surface area (Å²) in [5.74, 6) is 0.915. The van der Waals surface area contributed by atoms with Gasteiger partial charge in [-0.25, -0.2) is 9.97 Å². The van der Waals surface area contributed by atoms with Crippen LogP contribution in [0.1, 0.15) is 6.42 Å². The standard InChI is InChI=1S/C30H36N8O3/c1-6-30(39)35-24-14-25(28(41-5)16-27(24)36(2)22-9-10-38(18-22)11-12-40-4)34-29-15-23(31-19-32-29)20-7-8-21-17-33-37(3)26(21)13-20/h6-8,13-17,19,22H,1,9-12,18H2,2-5H3,(H,35,39)(H,31,32,34). The van der Waals surface area contributed by atoms with Gasteiger partial charge in [-0.1, -0.05) is 18.7 Å². The molecule has 0 radical (unpaired) electrons. The Morgan fingerprint density at radius 1 is 1.20 bits per heavy atom. The molecule has 1 unspecified atom stereocenters. The molecule has 0 aliphatic carbocycles. The SMILES string of the molecule is C=CC(=O)Nc1cc(Nc2cc(-c3ccc4cnn(C)c4c3)ncn2)c(OC)cc1N(C)C1CCN(CCOC)C1. The number of aryl methyl sites for hydroxylation is 1. The lowest BCUT2D eigenvalue weighted by Crippen LogP contribution is -2.36. The van der Waals surface area contributed by atoms with Gasteiger partial charge in [0.1, 0.15) is 17.9 Å². The number of amides is 1. The van der Waals surface area contributed by atoms with Crippen LogP contribution in [0.5, 0.6) is 5.75 Å². The van der Waals surface area contributed by atoms with Crippen LogP contribution >= 0.6 is 0 Å². The van der Waals surface area contributed by atoms with Crippen molar-refractivity contribution in [2.45, 2.75) is 12.5 Å². The summed E-state index contributed by atoms with van der Waals surface area (Å²) in [6.45, 7) is 7.12. The van der Waals surface area contributed by atoms with Crippen molar-refractivity contribution in [1.29, 1.82) is 0 Å². The fourth-order valence-electron chi connectivity index (χ4n) is 5.18. The zero-order valence-corrected chi connectivity index (χ0v) is 23.9. The molecule has 1 fully saturated rings. The molecule has 2 aromatic heterocycles. The average Bonchev–Trinajstić information content (AvgIpc) is 3.62. The van der Waals surface area contributed by atoms with Crippen LogP contribution in [0.15, 0.2) is 61.6 Å². The van der Waals surface area contributed by atoms with Crippen LogP contribution in [-0.4, -0.2) is 84.1 Å². The molecule has 3 heterocycles. The van der Waals surface area contributed by atoms with Gasteiger partial charge in [0.05, 0.1) is 48.2 Å². The van der Waals surface area contributed by atoms with E-state index in [0.29, 0.717) is 29.5 Å². The summed E-state index contributed by atoms with van der Waals surface area (Å²) < 4.78 is 12.9. The smallest absolute Gasteiger partial charge is 0.247 e. The van der Waals surface area contributed by atoms with Gasteiger partial charge in [0.15, 0.2) is 0 Å². The predicted molar refractivity (Wildman–Crippen MR) is 162 cm³/mol. The first kappa shape index (κ1) is 28.1. The molecule has 11 heteroatoms. The van der Waals surface area contributed by atoms with E-state index in [4.69, 9.17) is 9.47 Å². The summed E-state index contributed by atoms with van der Waals surface area (Å²) in [4.78, 5) is 25.9. The van der Waals surface area contributed by atoms with Crippen molar-refractivity contribution in [2.24, 2.45) is 7.05 Å². The number of likely N-dealkylation sites (tertiary alicyclic amines) is 1. The fourth-order valence-corrected chi connectivity index (χ4v) is 5.18. The van der Waals surface area contributed by atoms with Crippen molar-refractivity contribution in [2.75, 3.05) is 63.0 Å². The van der Waals surface area contributed by atoms with E-state index in [-0.39, 0.29) is 11.9 Å². The maximum absolute atomic E-state index is 12.4. The molecule has 0 bridgehead atoms. The summed E-state index contributed by atoms with van der Waals surface area (Å²) in [7, 11) is 7.31. The minimum atomic E-state index is -0.293. The summed E-state index contributed by atoms with van der Waals surface area (Å²) in [5, 5.41) is 11.7. The van der Waals surface area contributed by atoms with E-state index in [1.54, 1.807) is 14.2 Å². The Balaban J connectivity index is 1.44. The average molecular weight is 557 g/mol. The van der Waals surface area contributed by atoms with E-state index >= 15 is 0 Å². The Bertz CT molecular complexity index is 1550. The van der Waals surface area contributed by atoms with Gasteiger partial charge in [0.25, 0.3) is 0 Å². The normalized spacial score (nSPS) is 15.2. The molecule has 1 saturated heterocycles. The first-order chi connectivity index (χ1) is 19.9. The second-order valence-corrected chi connectivity index (χ2v) is 10.1. The number of methoxy groups -OCH3 is 2. The Hall–Kier alpha value is -4.48. The molecule has 1 aliphatic rings. The number of nitrogens with one attached hydrogen (secondary N) is 2. The van der Waals surface area contributed by atoms with Crippen LogP contribution in [0, 0.1) is 0 Å². The monoisotopic (exact) mass is 556 g/mol. The van der Waals surface area contributed by atoms with Gasteiger partial charge in [-0.15, -0.1) is 0 Å². The van der Waals surface area contributed by atoms with E-state index in [1.807, 2.05) is 55.3 Å². The van der Waals surface area contributed by atoms with Gasteiger partial charge in [0.2, 0.25) is 5.91 Å². The lowest BCUT2D eigenvalue weighted by molar-refractivity contribution is -0.111. The third-order valence-electron chi connectivity index (χ3n) is 7.52. The number of fused-ring (bicyclic) bond motifs is 1. The van der Waals surface area contributed by atoms with Gasteiger partial charge in [-0.05, 0) is 24.6 Å². The van der Waals surface area contributed by atoms with Crippen LogP contribution in [0.3, 0.4) is 0 Å². The fraction of sp³-hybridized carbons (Fsp3) is 0.333. The van der Waals surface area contributed by atoms with E-state index in [2.05, 4.69) is 48.1 Å². The molecule has 0 saturated carbocycles. The summed E-state index contributed by atoms with van der Waals surface area (Å²) in [6.07, 6.45) is 5.63. The van der Waals surface area contributed by atoms with Crippen molar-refractivity contribution >= 4 is 39.7 Å². The Kier molecular flexibility index (Phi) is 8.46. The Morgan fingerprint density at radius 3 is 2.83 bits per heavy atom. The van der Waals surface area contributed by atoms with Crippen LogP contribution in [0.25, 0.3) is 22.2 Å². The van der Waals surface area contributed by atoms with Gasteiger partial charge in [-0.3, -0.25) is 14.4 Å². The highest BCUT2D eigenvalue weighted by atomic mass is 16.5. The van der Waals surface area contributed by atoms with Gasteiger partial charge >= 0.3 is 0 Å². The number of benzene rings is 2. The van der Waals surface area contributed by atoms with Crippen LogP contribution in [-0.2, 0) is 16.6 Å². The predicted octanol–water partition coefficient (Wildman–Crippen LogP) is 4.06. The van der Waals surface area contributed by atoms with Gasteiger partial charge in [-0.2, -0.15) is 5.10 Å². The highest BCUT2D eigenvalue weighted by Gasteiger charge is 2.28. The van der Waals surface area contributed by atoms with Crippen LogP contribution in [0.4, 0.5) is 22.9 Å². The zero-order valence-electron chi connectivity index (χ0n) is 23.9. The van der Waals surface area contributed by atoms with Gasteiger partial charge in [0, 0.05) is 70.0 Å². The Labute approximate surface area is 239 Å². The van der Waals surface area contributed by atoms with Crippen LogP contribution in [0.2, 0.25) is 0 Å². The summed E-state index contributed by atoms with van der Waals surface area (Å²) in [6, 6.07) is 12.1. The number of carbonyl (C=O) groups is 1. The van der Waals surface area contributed by atoms with Crippen molar-refractivity contribution in [3.05, 3.63) is 61.6 Å². The van der Waals surface area contributed by atoms with E-state index in [1.165, 1.54) is 12.4 Å². The lowest BCUT2D eigenvalue weighted by Gasteiger charge is -2.30. The molecule has 11 nitrogen and oxygen atoms in total. The maximum Gasteiger partial charge on any atom is 0.247 e. The maximum atomic E-state index is 12.4. The zero-order chi connectivity index (χ0) is 28.9. The second-order valence-electron chi connectivity index (χ2n) is 10.1. The molecule has 214 valence electrons. The number of ether oxygens (including phenoxy) is 2. The number of hydrogen-bond donors (Lipinski definition) is 2. The molecular formula is C30H36N8O3. The highest BCUT2D eigenvalue weighted by molar-refractivity contribution is 6.02.